The highest BCUT2D eigenvalue weighted by Crippen LogP contribution is 2.14. The summed E-state index contributed by atoms with van der Waals surface area (Å²) in [6.45, 7) is 0. The van der Waals surface area contributed by atoms with Crippen molar-refractivity contribution in [3.63, 3.8) is 0 Å². The Morgan fingerprint density at radius 2 is 1.93 bits per heavy atom. The molecule has 0 heterocycles. The zero-order valence-corrected chi connectivity index (χ0v) is 7.52. The molecule has 0 bridgehead atoms. The Bertz CT molecular complexity index is 326. The lowest BCUT2D eigenvalue weighted by molar-refractivity contribution is -0.387. The molecule has 0 spiro atoms. The lowest BCUT2D eigenvalue weighted by Gasteiger charge is -1.89. The maximum Gasteiger partial charge on any atom is 0.304 e. The fraction of sp³-hybridized carbons (Fsp3) is 0.333. The first kappa shape index (κ1) is 10.6. The molecule has 1 aliphatic carbocycles. The van der Waals surface area contributed by atoms with Crippen molar-refractivity contribution in [2.45, 2.75) is 18.9 Å². The van der Waals surface area contributed by atoms with Gasteiger partial charge in [0.2, 0.25) is 5.82 Å². The van der Waals surface area contributed by atoms with Crippen molar-refractivity contribution in [1.29, 1.82) is 0 Å². The molecular weight excluding hydrogens is 187 g/mol. The summed E-state index contributed by atoms with van der Waals surface area (Å²) in [6.07, 6.45) is 2.53. The molecule has 1 saturated carbocycles. The Kier molecular flexibility index (Phi) is 3.53. The van der Waals surface area contributed by atoms with Gasteiger partial charge in [-0.05, 0) is 18.9 Å². The van der Waals surface area contributed by atoms with Crippen molar-refractivity contribution in [2.75, 3.05) is 0 Å². The summed E-state index contributed by atoms with van der Waals surface area (Å²) in [5.74, 6) is -0.799. The van der Waals surface area contributed by atoms with Crippen LogP contribution in [0, 0.1) is 15.9 Å². The molecule has 4 nitrogen and oxygen atoms in total. The minimum Gasteiger partial charge on any atom is -0.328 e. The smallest absolute Gasteiger partial charge is 0.304 e. The molecule has 76 valence electrons. The molecule has 1 aliphatic rings. The number of hydrogen-bond donors (Lipinski definition) is 1. The predicted octanol–water partition coefficient (Wildman–Crippen LogP) is 1.84. The number of nitrogens with two attached hydrogens (primary N) is 1. The maximum atomic E-state index is 12.4. The van der Waals surface area contributed by atoms with Crippen molar-refractivity contribution >= 4 is 5.69 Å². The van der Waals surface area contributed by atoms with Crippen LogP contribution in [-0.4, -0.2) is 11.0 Å². The van der Waals surface area contributed by atoms with Crippen LogP contribution < -0.4 is 5.73 Å². The summed E-state index contributed by atoms with van der Waals surface area (Å²) in [6, 6.07) is 5.58. The van der Waals surface area contributed by atoms with Crippen molar-refractivity contribution in [3.05, 3.63) is 40.2 Å². The molecule has 14 heavy (non-hydrogen) atoms. The Morgan fingerprint density at radius 1 is 1.43 bits per heavy atom. The van der Waals surface area contributed by atoms with E-state index in [2.05, 4.69) is 0 Å². The predicted molar refractivity (Wildman–Crippen MR) is 50.3 cm³/mol. The average molecular weight is 198 g/mol. The minimum absolute atomic E-state index is 0.484. The summed E-state index contributed by atoms with van der Waals surface area (Å²) < 4.78 is 12.4. The van der Waals surface area contributed by atoms with Gasteiger partial charge in [-0.2, -0.15) is 4.39 Å². The van der Waals surface area contributed by atoms with E-state index in [1.165, 1.54) is 25.0 Å². The molecule has 0 amide bonds. The number of para-hydroxylation sites is 1. The average Bonchev–Trinajstić information content (AvgIpc) is 2.89. The van der Waals surface area contributed by atoms with Gasteiger partial charge in [-0.15, -0.1) is 0 Å². The van der Waals surface area contributed by atoms with Gasteiger partial charge in [-0.25, -0.2) is 0 Å². The zero-order valence-electron chi connectivity index (χ0n) is 7.52. The second-order valence-corrected chi connectivity index (χ2v) is 3.05. The van der Waals surface area contributed by atoms with Gasteiger partial charge < -0.3 is 5.73 Å². The van der Waals surface area contributed by atoms with Gasteiger partial charge in [0.25, 0.3) is 0 Å². The molecule has 0 aliphatic heterocycles. The van der Waals surface area contributed by atoms with Crippen molar-refractivity contribution in [1.82, 2.24) is 0 Å². The van der Waals surface area contributed by atoms with E-state index in [1.807, 2.05) is 0 Å². The number of halogens is 1. The molecule has 0 radical (unpaired) electrons. The van der Waals surface area contributed by atoms with Gasteiger partial charge in [0.05, 0.1) is 4.92 Å². The summed E-state index contributed by atoms with van der Waals surface area (Å²) in [5, 5.41) is 9.99. The highest BCUT2D eigenvalue weighted by Gasteiger charge is 2.13. The third-order valence-corrected chi connectivity index (χ3v) is 1.67. The highest BCUT2D eigenvalue weighted by atomic mass is 19.1. The van der Waals surface area contributed by atoms with Crippen LogP contribution in [0.3, 0.4) is 0 Å². The summed E-state index contributed by atoms with van der Waals surface area (Å²) in [7, 11) is 0. The van der Waals surface area contributed by atoms with Crippen LogP contribution in [0.15, 0.2) is 24.3 Å². The molecule has 2 N–H and O–H groups in total. The molecule has 2 rings (SSSR count). The van der Waals surface area contributed by atoms with E-state index < -0.39 is 16.4 Å². The van der Waals surface area contributed by atoms with E-state index >= 15 is 0 Å². The number of hydrogen-bond acceptors (Lipinski definition) is 3. The van der Waals surface area contributed by atoms with Crippen molar-refractivity contribution in [3.8, 4) is 0 Å². The Morgan fingerprint density at radius 3 is 2.21 bits per heavy atom. The number of rotatable bonds is 1. The first-order valence-electron chi connectivity index (χ1n) is 4.25. The molecule has 5 heteroatoms. The molecule has 0 atom stereocenters. The van der Waals surface area contributed by atoms with Gasteiger partial charge >= 0.3 is 5.69 Å². The highest BCUT2D eigenvalue weighted by molar-refractivity contribution is 5.30. The first-order chi connectivity index (χ1) is 6.61. The zero-order chi connectivity index (χ0) is 10.6. The molecule has 1 aromatic rings. The fourth-order valence-electron chi connectivity index (χ4n) is 0.696. The minimum atomic E-state index is -0.799. The number of nitrogens with zero attached hydrogens (tertiary/aromatic N) is 1. The summed E-state index contributed by atoms with van der Waals surface area (Å²) >= 11 is 0. The van der Waals surface area contributed by atoms with Crippen LogP contribution >= 0.6 is 0 Å². The Labute approximate surface area is 80.7 Å². The third-order valence-electron chi connectivity index (χ3n) is 1.67. The van der Waals surface area contributed by atoms with Crippen LogP contribution in [0.25, 0.3) is 0 Å². The number of nitro groups is 1. The van der Waals surface area contributed by atoms with Gasteiger partial charge in [0.15, 0.2) is 0 Å². The quantitative estimate of drug-likeness (QED) is 0.553. The molecule has 0 saturated heterocycles. The lowest BCUT2D eigenvalue weighted by Crippen LogP contribution is -1.94. The standard InChI is InChI=1S/C6H4FNO2.C3H7N/c7-5-3-1-2-4-6(5)8(9)10;4-3-1-2-3/h1-4H;3H,1-2,4H2. The van der Waals surface area contributed by atoms with Crippen LogP contribution in [0.4, 0.5) is 10.1 Å². The van der Waals surface area contributed by atoms with Crippen LogP contribution in [0.1, 0.15) is 12.8 Å². The van der Waals surface area contributed by atoms with Gasteiger partial charge in [-0.1, -0.05) is 12.1 Å². The van der Waals surface area contributed by atoms with E-state index in [0.29, 0.717) is 6.04 Å². The maximum absolute atomic E-state index is 12.4. The summed E-state index contributed by atoms with van der Waals surface area (Å²) in [5.41, 5.74) is 4.74. The molecular formula is C9H11FN2O2. The first-order valence-corrected chi connectivity index (χ1v) is 4.25. The normalized spacial score (nSPS) is 14.1. The van der Waals surface area contributed by atoms with E-state index in [9.17, 15) is 14.5 Å². The van der Waals surface area contributed by atoms with Crippen LogP contribution in [0.2, 0.25) is 0 Å². The van der Waals surface area contributed by atoms with Crippen molar-refractivity contribution in [2.24, 2.45) is 5.73 Å². The fourth-order valence-corrected chi connectivity index (χ4v) is 0.696. The van der Waals surface area contributed by atoms with E-state index in [1.54, 1.807) is 0 Å². The van der Waals surface area contributed by atoms with Gasteiger partial charge in [0, 0.05) is 12.1 Å². The lowest BCUT2D eigenvalue weighted by atomic mass is 10.3. The Balaban J connectivity index is 0.000000203. The number of nitro benzene ring substituents is 1. The largest absolute Gasteiger partial charge is 0.328 e. The second kappa shape index (κ2) is 4.66. The van der Waals surface area contributed by atoms with Gasteiger partial charge in [-0.3, -0.25) is 10.1 Å². The summed E-state index contributed by atoms with van der Waals surface area (Å²) in [4.78, 5) is 9.23. The van der Waals surface area contributed by atoms with Crippen LogP contribution in [0.5, 0.6) is 0 Å². The molecule has 0 unspecified atom stereocenters. The van der Waals surface area contributed by atoms with E-state index in [4.69, 9.17) is 5.73 Å². The molecule has 1 aromatic carbocycles. The Hall–Kier alpha value is -1.49. The van der Waals surface area contributed by atoms with Crippen molar-refractivity contribution < 1.29 is 9.31 Å². The van der Waals surface area contributed by atoms with Crippen LogP contribution in [-0.2, 0) is 0 Å². The van der Waals surface area contributed by atoms with E-state index in [-0.39, 0.29) is 0 Å². The molecule has 1 fully saturated rings. The van der Waals surface area contributed by atoms with E-state index in [0.717, 1.165) is 12.1 Å². The number of benzene rings is 1. The molecule has 0 aromatic heterocycles. The monoisotopic (exact) mass is 198 g/mol. The SMILES string of the molecule is NC1CC1.O=[N+]([O-])c1ccccc1F. The third kappa shape index (κ3) is 3.49. The van der Waals surface area contributed by atoms with Gasteiger partial charge in [0.1, 0.15) is 0 Å². The topological polar surface area (TPSA) is 69.2 Å². The second-order valence-electron chi connectivity index (χ2n) is 3.05.